The average molecular weight is 388 g/mol. The SMILES string of the molecule is C=NN(/C=C(\N)c1cc(C(C)C)c(OC)cc1OC)Cc1ccc(Cl)cc1. The average Bonchev–Trinajstić information content (AvgIpc) is 2.67. The highest BCUT2D eigenvalue weighted by molar-refractivity contribution is 6.30. The molecule has 5 nitrogen and oxygen atoms in total. The van der Waals surface area contributed by atoms with Gasteiger partial charge in [0.2, 0.25) is 0 Å². The summed E-state index contributed by atoms with van der Waals surface area (Å²) in [6.07, 6.45) is 1.75. The summed E-state index contributed by atoms with van der Waals surface area (Å²) in [7, 11) is 3.26. The Morgan fingerprint density at radius 2 is 1.81 bits per heavy atom. The van der Waals surface area contributed by atoms with E-state index in [9.17, 15) is 0 Å². The van der Waals surface area contributed by atoms with Crippen LogP contribution in [0.4, 0.5) is 0 Å². The Morgan fingerprint density at radius 1 is 1.19 bits per heavy atom. The molecule has 0 atom stereocenters. The van der Waals surface area contributed by atoms with Gasteiger partial charge in [-0.3, -0.25) is 5.01 Å². The van der Waals surface area contributed by atoms with Crippen LogP contribution in [0.3, 0.4) is 0 Å². The number of hydrazone groups is 1. The Bertz CT molecular complexity index is 817. The number of hydrogen-bond acceptors (Lipinski definition) is 5. The van der Waals surface area contributed by atoms with Crippen LogP contribution in [0, 0.1) is 0 Å². The van der Waals surface area contributed by atoms with Crippen LogP contribution in [0.2, 0.25) is 5.02 Å². The fraction of sp³-hybridized carbons (Fsp3) is 0.286. The van der Waals surface area contributed by atoms with Crippen molar-refractivity contribution < 1.29 is 9.47 Å². The van der Waals surface area contributed by atoms with E-state index in [2.05, 4.69) is 25.7 Å². The second-order valence-electron chi connectivity index (χ2n) is 6.40. The summed E-state index contributed by atoms with van der Waals surface area (Å²) in [5.41, 5.74) is 9.78. The molecule has 2 rings (SSSR count). The number of nitrogens with zero attached hydrogens (tertiary/aromatic N) is 2. The van der Waals surface area contributed by atoms with E-state index in [1.54, 1.807) is 25.4 Å². The van der Waals surface area contributed by atoms with Crippen LogP contribution in [0.1, 0.15) is 36.5 Å². The highest BCUT2D eigenvalue weighted by Gasteiger charge is 2.16. The molecule has 0 amide bonds. The van der Waals surface area contributed by atoms with Gasteiger partial charge in [-0.1, -0.05) is 37.6 Å². The first-order valence-corrected chi connectivity index (χ1v) is 8.98. The van der Waals surface area contributed by atoms with E-state index in [0.717, 1.165) is 22.4 Å². The predicted octanol–water partition coefficient (Wildman–Crippen LogP) is 4.86. The third kappa shape index (κ3) is 5.17. The van der Waals surface area contributed by atoms with Gasteiger partial charge in [-0.15, -0.1) is 0 Å². The minimum absolute atomic E-state index is 0.278. The van der Waals surface area contributed by atoms with Crippen molar-refractivity contribution in [3.8, 4) is 11.5 Å². The Balaban J connectivity index is 2.37. The van der Waals surface area contributed by atoms with E-state index in [1.807, 2.05) is 36.4 Å². The van der Waals surface area contributed by atoms with E-state index in [4.69, 9.17) is 26.8 Å². The molecule has 0 spiro atoms. The Kier molecular flexibility index (Phi) is 7.13. The molecule has 144 valence electrons. The van der Waals surface area contributed by atoms with Gasteiger partial charge >= 0.3 is 0 Å². The Labute approximate surface area is 166 Å². The largest absolute Gasteiger partial charge is 0.496 e. The molecule has 0 aromatic heterocycles. The van der Waals surface area contributed by atoms with Gasteiger partial charge in [0.25, 0.3) is 0 Å². The van der Waals surface area contributed by atoms with Crippen molar-refractivity contribution in [3.05, 3.63) is 64.3 Å². The van der Waals surface area contributed by atoms with Crippen LogP contribution in [-0.4, -0.2) is 25.9 Å². The van der Waals surface area contributed by atoms with Gasteiger partial charge in [-0.25, -0.2) is 0 Å². The first-order chi connectivity index (χ1) is 12.9. The lowest BCUT2D eigenvalue weighted by Crippen LogP contribution is -2.13. The van der Waals surface area contributed by atoms with Crippen molar-refractivity contribution in [1.29, 1.82) is 0 Å². The lowest BCUT2D eigenvalue weighted by molar-refractivity contribution is 0.387. The zero-order valence-electron chi connectivity index (χ0n) is 16.2. The number of ether oxygens (including phenoxy) is 2. The first-order valence-electron chi connectivity index (χ1n) is 8.60. The van der Waals surface area contributed by atoms with Gasteiger partial charge in [-0.05, 0) is 35.2 Å². The van der Waals surface area contributed by atoms with Crippen molar-refractivity contribution in [2.75, 3.05) is 14.2 Å². The van der Waals surface area contributed by atoms with Crippen LogP contribution in [0.15, 0.2) is 47.7 Å². The maximum absolute atomic E-state index is 6.38. The number of hydrogen-bond donors (Lipinski definition) is 1. The molecule has 0 heterocycles. The maximum Gasteiger partial charge on any atom is 0.131 e. The molecule has 0 saturated carbocycles. The summed E-state index contributed by atoms with van der Waals surface area (Å²) in [5, 5.41) is 6.42. The fourth-order valence-electron chi connectivity index (χ4n) is 2.74. The van der Waals surface area contributed by atoms with Crippen LogP contribution in [0.25, 0.3) is 5.70 Å². The van der Waals surface area contributed by atoms with Crippen LogP contribution in [-0.2, 0) is 6.54 Å². The summed E-state index contributed by atoms with van der Waals surface area (Å²) in [6.45, 7) is 8.37. The molecule has 0 radical (unpaired) electrons. The molecule has 0 aliphatic carbocycles. The fourth-order valence-corrected chi connectivity index (χ4v) is 2.87. The maximum atomic E-state index is 6.38. The smallest absolute Gasteiger partial charge is 0.131 e. The molecular weight excluding hydrogens is 362 g/mol. The van der Waals surface area contributed by atoms with Crippen LogP contribution < -0.4 is 15.2 Å². The zero-order chi connectivity index (χ0) is 20.0. The lowest BCUT2D eigenvalue weighted by atomic mass is 9.97. The molecule has 0 bridgehead atoms. The van der Waals surface area contributed by atoms with Gasteiger partial charge in [0.05, 0.1) is 26.5 Å². The minimum atomic E-state index is 0.278. The van der Waals surface area contributed by atoms with Gasteiger partial charge < -0.3 is 15.2 Å². The van der Waals surface area contributed by atoms with E-state index in [-0.39, 0.29) is 5.92 Å². The lowest BCUT2D eigenvalue weighted by Gasteiger charge is -2.19. The number of nitrogens with two attached hydrogens (primary N) is 1. The van der Waals surface area contributed by atoms with E-state index in [0.29, 0.717) is 23.0 Å². The first kappa shape index (κ1) is 20.6. The van der Waals surface area contributed by atoms with Crippen molar-refractivity contribution >= 4 is 24.0 Å². The summed E-state index contributed by atoms with van der Waals surface area (Å²) < 4.78 is 11.0. The van der Waals surface area contributed by atoms with Crippen molar-refractivity contribution in [1.82, 2.24) is 5.01 Å². The Hall–Kier alpha value is -2.66. The summed E-state index contributed by atoms with van der Waals surface area (Å²) in [4.78, 5) is 0. The number of halogens is 1. The summed E-state index contributed by atoms with van der Waals surface area (Å²) in [5.74, 6) is 1.69. The quantitative estimate of drug-likeness (QED) is 0.519. The minimum Gasteiger partial charge on any atom is -0.496 e. The number of benzene rings is 2. The standard InChI is InChI=1S/C21H26ClN3O2/c1-14(2)17-10-18(21(27-5)11-20(17)26-4)19(23)13-25(24-3)12-15-6-8-16(22)9-7-15/h6-11,13-14H,3,12,23H2,1-2,4-5H3/b19-13-. The molecule has 0 aliphatic rings. The second-order valence-corrected chi connectivity index (χ2v) is 6.84. The molecule has 2 N–H and O–H groups in total. The molecular formula is C21H26ClN3O2. The molecule has 2 aromatic carbocycles. The highest BCUT2D eigenvalue weighted by atomic mass is 35.5. The van der Waals surface area contributed by atoms with Gasteiger partial charge in [0, 0.05) is 29.6 Å². The monoisotopic (exact) mass is 387 g/mol. The number of methoxy groups -OCH3 is 2. The Morgan fingerprint density at radius 3 is 2.33 bits per heavy atom. The van der Waals surface area contributed by atoms with Crippen molar-refractivity contribution in [3.63, 3.8) is 0 Å². The van der Waals surface area contributed by atoms with Gasteiger partial charge in [0.1, 0.15) is 11.5 Å². The van der Waals surface area contributed by atoms with E-state index >= 15 is 0 Å². The molecule has 2 aromatic rings. The van der Waals surface area contributed by atoms with Crippen LogP contribution in [0.5, 0.6) is 11.5 Å². The van der Waals surface area contributed by atoms with Crippen molar-refractivity contribution in [2.24, 2.45) is 10.8 Å². The van der Waals surface area contributed by atoms with Gasteiger partial charge in [-0.2, -0.15) is 5.10 Å². The third-order valence-electron chi connectivity index (χ3n) is 4.21. The number of rotatable bonds is 8. The topological polar surface area (TPSA) is 60.1 Å². The van der Waals surface area contributed by atoms with Gasteiger partial charge in [0.15, 0.2) is 0 Å². The summed E-state index contributed by atoms with van der Waals surface area (Å²) >= 11 is 5.94. The summed E-state index contributed by atoms with van der Waals surface area (Å²) in [6, 6.07) is 11.4. The van der Waals surface area contributed by atoms with Crippen molar-refractivity contribution in [2.45, 2.75) is 26.3 Å². The molecule has 0 aliphatic heterocycles. The molecule has 0 saturated heterocycles. The zero-order valence-corrected chi connectivity index (χ0v) is 17.0. The predicted molar refractivity (Wildman–Crippen MR) is 112 cm³/mol. The normalized spacial score (nSPS) is 11.4. The van der Waals surface area contributed by atoms with Crippen LogP contribution >= 0.6 is 11.6 Å². The second kappa shape index (κ2) is 9.33. The molecule has 0 fully saturated rings. The molecule has 6 heteroatoms. The van der Waals surface area contributed by atoms with E-state index in [1.165, 1.54) is 0 Å². The van der Waals surface area contributed by atoms with E-state index < -0.39 is 0 Å². The molecule has 0 unspecified atom stereocenters. The highest BCUT2D eigenvalue weighted by Crippen LogP contribution is 2.35. The molecule has 27 heavy (non-hydrogen) atoms. The third-order valence-corrected chi connectivity index (χ3v) is 4.46.